The Bertz CT molecular complexity index is 1020. The Hall–Kier alpha value is -3.61. The molecule has 1 amide bonds. The number of likely N-dealkylation sites (tertiary alicyclic amines) is 1. The van der Waals surface area contributed by atoms with E-state index in [0.29, 0.717) is 11.1 Å². The summed E-state index contributed by atoms with van der Waals surface area (Å²) in [4.78, 5) is 40.0. The number of aliphatic hydroxyl groups is 1. The molecule has 1 atom stereocenters. The zero-order valence-corrected chi connectivity index (χ0v) is 17.8. The summed E-state index contributed by atoms with van der Waals surface area (Å²) in [5, 5.41) is 19.9. The quantitative estimate of drug-likeness (QED) is 0.403. The van der Waals surface area contributed by atoms with E-state index in [1.807, 2.05) is 62.3 Å². The Labute approximate surface area is 181 Å². The second-order valence-corrected chi connectivity index (χ2v) is 7.84. The lowest BCUT2D eigenvalue weighted by Gasteiger charge is -2.25. The van der Waals surface area contributed by atoms with Gasteiger partial charge in [0.25, 0.3) is 11.7 Å². The van der Waals surface area contributed by atoms with Crippen molar-refractivity contribution >= 4 is 29.1 Å². The Balaban J connectivity index is 2.09. The van der Waals surface area contributed by atoms with E-state index in [2.05, 4.69) is 0 Å². The molecule has 7 nitrogen and oxygen atoms in total. The van der Waals surface area contributed by atoms with E-state index in [-0.39, 0.29) is 30.7 Å². The maximum atomic E-state index is 12.9. The summed E-state index contributed by atoms with van der Waals surface area (Å²) in [5.41, 5.74) is 3.09. The number of hydrogen-bond donors (Lipinski definition) is 2. The first-order valence-electron chi connectivity index (χ1n) is 10.0. The minimum Gasteiger partial charge on any atom is -0.507 e. The van der Waals surface area contributed by atoms with Crippen LogP contribution in [0.4, 0.5) is 5.69 Å². The van der Waals surface area contributed by atoms with E-state index >= 15 is 0 Å². The molecule has 7 heteroatoms. The number of carbonyl (C=O) groups excluding carboxylic acids is 2. The molecule has 0 saturated carbocycles. The first-order valence-corrected chi connectivity index (χ1v) is 10.0. The third-order valence-corrected chi connectivity index (χ3v) is 5.38. The number of aliphatic carboxylic acids is 1. The lowest BCUT2D eigenvalue weighted by Crippen LogP contribution is -2.31. The van der Waals surface area contributed by atoms with Gasteiger partial charge in [0, 0.05) is 38.3 Å². The maximum Gasteiger partial charge on any atom is 0.303 e. The molecule has 2 aromatic rings. The number of benzene rings is 2. The number of rotatable bonds is 7. The molecule has 0 radical (unpaired) electrons. The molecule has 0 aromatic heterocycles. The number of amides is 1. The Morgan fingerprint density at radius 2 is 1.61 bits per heavy atom. The van der Waals surface area contributed by atoms with Gasteiger partial charge in [-0.25, -0.2) is 0 Å². The van der Waals surface area contributed by atoms with Crippen molar-refractivity contribution in [1.82, 2.24) is 4.90 Å². The fourth-order valence-electron chi connectivity index (χ4n) is 3.68. The number of Topliss-reactive ketones (excluding diaryl/α,β-unsaturated/α-hetero) is 1. The van der Waals surface area contributed by atoms with Crippen LogP contribution in [0.1, 0.15) is 35.6 Å². The van der Waals surface area contributed by atoms with Crippen molar-refractivity contribution in [3.8, 4) is 0 Å². The van der Waals surface area contributed by atoms with Gasteiger partial charge in [-0.1, -0.05) is 42.0 Å². The molecule has 1 heterocycles. The number of aliphatic hydroxyl groups excluding tert-OH is 1. The average molecular weight is 422 g/mol. The number of ketones is 1. The monoisotopic (exact) mass is 422 g/mol. The number of nitrogens with zero attached hydrogens (tertiary/aromatic N) is 2. The summed E-state index contributed by atoms with van der Waals surface area (Å²) in [6.07, 6.45) is 0.0897. The van der Waals surface area contributed by atoms with Crippen LogP contribution in [-0.4, -0.2) is 53.4 Å². The van der Waals surface area contributed by atoms with Crippen LogP contribution < -0.4 is 4.90 Å². The smallest absolute Gasteiger partial charge is 0.303 e. The van der Waals surface area contributed by atoms with Gasteiger partial charge < -0.3 is 20.0 Å². The molecule has 1 fully saturated rings. The number of hydrogen-bond acceptors (Lipinski definition) is 5. The molecule has 2 N–H and O–H groups in total. The van der Waals surface area contributed by atoms with E-state index in [0.717, 1.165) is 11.3 Å². The van der Waals surface area contributed by atoms with Crippen LogP contribution >= 0.6 is 0 Å². The van der Waals surface area contributed by atoms with Crippen LogP contribution in [0.5, 0.6) is 0 Å². The summed E-state index contributed by atoms with van der Waals surface area (Å²) in [5.74, 6) is -2.71. The first kappa shape index (κ1) is 22.1. The predicted octanol–water partition coefficient (Wildman–Crippen LogP) is 3.35. The van der Waals surface area contributed by atoms with Crippen molar-refractivity contribution in [3.05, 3.63) is 70.8 Å². The van der Waals surface area contributed by atoms with Gasteiger partial charge in [-0.05, 0) is 31.0 Å². The van der Waals surface area contributed by atoms with Crippen LogP contribution in [0.15, 0.2) is 54.1 Å². The number of carbonyl (C=O) groups is 3. The molecule has 31 heavy (non-hydrogen) atoms. The second-order valence-electron chi connectivity index (χ2n) is 7.84. The van der Waals surface area contributed by atoms with Crippen LogP contribution in [-0.2, 0) is 14.4 Å². The van der Waals surface area contributed by atoms with Gasteiger partial charge in [-0.15, -0.1) is 0 Å². The molecule has 162 valence electrons. The topological polar surface area (TPSA) is 98.2 Å². The van der Waals surface area contributed by atoms with Crippen LogP contribution in [0, 0.1) is 6.92 Å². The van der Waals surface area contributed by atoms with E-state index in [1.54, 1.807) is 12.1 Å². The number of carboxylic acid groups (broad SMARTS) is 1. The third-order valence-electron chi connectivity index (χ3n) is 5.38. The zero-order chi connectivity index (χ0) is 22.7. The number of anilines is 1. The molecule has 1 aliphatic rings. The highest BCUT2D eigenvalue weighted by atomic mass is 16.4. The van der Waals surface area contributed by atoms with Gasteiger partial charge in [0.05, 0.1) is 11.6 Å². The Kier molecular flexibility index (Phi) is 6.44. The highest BCUT2D eigenvalue weighted by molar-refractivity contribution is 6.46. The lowest BCUT2D eigenvalue weighted by molar-refractivity contribution is -0.140. The summed E-state index contributed by atoms with van der Waals surface area (Å²) in [6, 6.07) is 13.6. The van der Waals surface area contributed by atoms with E-state index < -0.39 is 23.7 Å². The summed E-state index contributed by atoms with van der Waals surface area (Å²) >= 11 is 0. The van der Waals surface area contributed by atoms with E-state index in [9.17, 15) is 19.5 Å². The second kappa shape index (κ2) is 9.04. The van der Waals surface area contributed by atoms with Crippen molar-refractivity contribution in [1.29, 1.82) is 0 Å². The van der Waals surface area contributed by atoms with Crippen molar-refractivity contribution in [2.24, 2.45) is 0 Å². The fourth-order valence-corrected chi connectivity index (χ4v) is 3.68. The Morgan fingerprint density at radius 1 is 1.00 bits per heavy atom. The van der Waals surface area contributed by atoms with Gasteiger partial charge in [-0.2, -0.15) is 0 Å². The van der Waals surface area contributed by atoms with Crippen molar-refractivity contribution in [2.45, 2.75) is 25.8 Å². The van der Waals surface area contributed by atoms with Crippen molar-refractivity contribution in [2.75, 3.05) is 25.5 Å². The van der Waals surface area contributed by atoms with Crippen LogP contribution in [0.2, 0.25) is 0 Å². The number of carboxylic acids is 1. The van der Waals surface area contributed by atoms with Gasteiger partial charge in [0.1, 0.15) is 5.76 Å². The molecule has 3 rings (SSSR count). The standard InChI is InChI=1S/C24H26N2O5/c1-15-6-8-17(9-7-15)22(29)20-21(16-10-12-18(13-11-16)25(2)3)26(24(31)23(20)30)14-4-5-19(27)28/h6-13,21,29H,4-5,14H2,1-3H3,(H,27,28)/b22-20+/t21-/m1/s1. The molecule has 0 unspecified atom stereocenters. The summed E-state index contributed by atoms with van der Waals surface area (Å²) < 4.78 is 0. The van der Waals surface area contributed by atoms with Gasteiger partial charge in [0.2, 0.25) is 0 Å². The lowest BCUT2D eigenvalue weighted by atomic mass is 9.94. The van der Waals surface area contributed by atoms with Crippen LogP contribution in [0.25, 0.3) is 5.76 Å². The van der Waals surface area contributed by atoms with Gasteiger partial charge in [0.15, 0.2) is 0 Å². The molecular formula is C24H26N2O5. The highest BCUT2D eigenvalue weighted by Crippen LogP contribution is 2.40. The van der Waals surface area contributed by atoms with Crippen molar-refractivity contribution in [3.63, 3.8) is 0 Å². The molecule has 0 bridgehead atoms. The first-order chi connectivity index (χ1) is 14.7. The average Bonchev–Trinajstić information content (AvgIpc) is 2.98. The highest BCUT2D eigenvalue weighted by Gasteiger charge is 2.45. The SMILES string of the molecule is Cc1ccc(/C(O)=C2\C(=O)C(=O)N(CCCC(=O)O)[C@@H]2c2ccc(N(C)C)cc2)cc1. The normalized spacial score (nSPS) is 17.8. The minimum atomic E-state index is -0.969. The molecule has 1 aliphatic heterocycles. The fraction of sp³-hybridized carbons (Fsp3) is 0.292. The summed E-state index contributed by atoms with van der Waals surface area (Å²) in [6.45, 7) is 2.01. The predicted molar refractivity (Wildman–Crippen MR) is 118 cm³/mol. The minimum absolute atomic E-state index is 0.0155. The molecular weight excluding hydrogens is 396 g/mol. The van der Waals surface area contributed by atoms with E-state index in [1.165, 1.54) is 4.90 Å². The third kappa shape index (κ3) is 4.60. The summed E-state index contributed by atoms with van der Waals surface area (Å²) in [7, 11) is 3.81. The van der Waals surface area contributed by atoms with Gasteiger partial charge in [-0.3, -0.25) is 14.4 Å². The molecule has 2 aromatic carbocycles. The van der Waals surface area contributed by atoms with Crippen molar-refractivity contribution < 1.29 is 24.6 Å². The van der Waals surface area contributed by atoms with Gasteiger partial charge >= 0.3 is 5.97 Å². The maximum absolute atomic E-state index is 12.9. The van der Waals surface area contributed by atoms with E-state index in [4.69, 9.17) is 5.11 Å². The molecule has 0 spiro atoms. The van der Waals surface area contributed by atoms with Crippen LogP contribution in [0.3, 0.4) is 0 Å². The molecule has 1 saturated heterocycles. The largest absolute Gasteiger partial charge is 0.507 e. The molecule has 0 aliphatic carbocycles. The number of aryl methyl sites for hydroxylation is 1. The Morgan fingerprint density at radius 3 is 2.16 bits per heavy atom. The zero-order valence-electron chi connectivity index (χ0n) is 17.8.